The average Bonchev–Trinajstić information content (AvgIpc) is 2.46. The van der Waals surface area contributed by atoms with Crippen LogP contribution >= 0.6 is 0 Å². The van der Waals surface area contributed by atoms with E-state index < -0.39 is 9.84 Å². The van der Waals surface area contributed by atoms with Gasteiger partial charge in [-0.15, -0.1) is 0 Å². The van der Waals surface area contributed by atoms with Crippen LogP contribution < -0.4 is 16.0 Å². The fraction of sp³-hybridized carbons (Fsp3) is 0.533. The van der Waals surface area contributed by atoms with Crippen LogP contribution in [-0.4, -0.2) is 39.0 Å². The van der Waals surface area contributed by atoms with E-state index in [0.29, 0.717) is 6.54 Å². The number of primary amides is 1. The van der Waals surface area contributed by atoms with Crippen molar-refractivity contribution in [3.05, 3.63) is 29.8 Å². The summed E-state index contributed by atoms with van der Waals surface area (Å²) in [5.41, 5.74) is 7.45. The van der Waals surface area contributed by atoms with E-state index in [1.165, 1.54) is 6.26 Å². The van der Waals surface area contributed by atoms with E-state index in [0.717, 1.165) is 37.1 Å². The van der Waals surface area contributed by atoms with Crippen LogP contribution in [0.1, 0.15) is 24.8 Å². The number of nitrogens with two attached hydrogens (primary N) is 1. The minimum atomic E-state index is -3.06. The first-order valence-electron chi connectivity index (χ1n) is 7.41. The van der Waals surface area contributed by atoms with Crippen molar-refractivity contribution in [2.75, 3.05) is 23.6 Å². The zero-order valence-electron chi connectivity index (χ0n) is 12.8. The van der Waals surface area contributed by atoms with Crippen LogP contribution in [0.25, 0.3) is 0 Å². The molecule has 1 atom stereocenters. The average molecular weight is 325 g/mol. The Hall–Kier alpha value is -1.60. The van der Waals surface area contributed by atoms with E-state index in [9.17, 15) is 13.2 Å². The number of para-hydroxylation sites is 1. The Morgan fingerprint density at radius 1 is 1.36 bits per heavy atom. The van der Waals surface area contributed by atoms with Crippen LogP contribution in [0.2, 0.25) is 0 Å². The maximum Gasteiger partial charge on any atom is 0.240 e. The second-order valence-electron chi connectivity index (χ2n) is 5.73. The Morgan fingerprint density at radius 2 is 2.09 bits per heavy atom. The molecule has 1 aliphatic heterocycles. The van der Waals surface area contributed by atoms with Gasteiger partial charge in [-0.3, -0.25) is 10.1 Å². The molecule has 3 N–H and O–H groups in total. The van der Waals surface area contributed by atoms with Gasteiger partial charge < -0.3 is 10.6 Å². The van der Waals surface area contributed by atoms with Crippen molar-refractivity contribution in [2.24, 2.45) is 5.73 Å². The second-order valence-corrected chi connectivity index (χ2v) is 7.87. The summed E-state index contributed by atoms with van der Waals surface area (Å²) < 4.78 is 22.4. The number of anilines is 1. The smallest absolute Gasteiger partial charge is 0.240 e. The SMILES string of the molecule is CS(=O)(=O)CNCc1ccccc1N1CCCCC1C(N)=O. The van der Waals surface area contributed by atoms with Crippen molar-refractivity contribution < 1.29 is 13.2 Å². The molecule has 7 heteroatoms. The molecule has 0 aliphatic carbocycles. The lowest BCUT2D eigenvalue weighted by molar-refractivity contribution is -0.119. The molecule has 1 aromatic rings. The van der Waals surface area contributed by atoms with Gasteiger partial charge in [0.25, 0.3) is 0 Å². The largest absolute Gasteiger partial charge is 0.368 e. The fourth-order valence-electron chi connectivity index (χ4n) is 2.83. The van der Waals surface area contributed by atoms with Gasteiger partial charge in [-0.1, -0.05) is 18.2 Å². The molecule has 0 radical (unpaired) electrons. The monoisotopic (exact) mass is 325 g/mol. The van der Waals surface area contributed by atoms with E-state index in [2.05, 4.69) is 5.32 Å². The molecule has 22 heavy (non-hydrogen) atoms. The van der Waals surface area contributed by atoms with Crippen LogP contribution in [0.15, 0.2) is 24.3 Å². The van der Waals surface area contributed by atoms with Crippen molar-refractivity contribution in [2.45, 2.75) is 31.8 Å². The highest BCUT2D eigenvalue weighted by Crippen LogP contribution is 2.28. The topological polar surface area (TPSA) is 92.5 Å². The molecule has 1 fully saturated rings. The lowest BCUT2D eigenvalue weighted by Gasteiger charge is -2.36. The number of nitrogens with one attached hydrogen (secondary N) is 1. The molecule has 2 rings (SSSR count). The number of carbonyl (C=O) groups is 1. The first-order valence-corrected chi connectivity index (χ1v) is 9.47. The Balaban J connectivity index is 2.17. The molecule has 6 nitrogen and oxygen atoms in total. The number of benzene rings is 1. The van der Waals surface area contributed by atoms with Gasteiger partial charge in [0, 0.05) is 25.0 Å². The predicted octanol–water partition coefficient (Wildman–Crippen LogP) is 0.623. The predicted molar refractivity (Wildman–Crippen MR) is 87.2 cm³/mol. The Bertz CT molecular complexity index is 631. The van der Waals surface area contributed by atoms with Gasteiger partial charge in [0.1, 0.15) is 6.04 Å². The molecular formula is C15H23N3O3S. The van der Waals surface area contributed by atoms with Gasteiger partial charge in [-0.2, -0.15) is 0 Å². The summed E-state index contributed by atoms with van der Waals surface area (Å²) in [4.78, 5) is 13.7. The summed E-state index contributed by atoms with van der Waals surface area (Å²) in [5.74, 6) is -0.376. The third-order valence-electron chi connectivity index (χ3n) is 3.81. The molecular weight excluding hydrogens is 302 g/mol. The molecule has 122 valence electrons. The van der Waals surface area contributed by atoms with Crippen molar-refractivity contribution in [1.82, 2.24) is 5.32 Å². The minimum Gasteiger partial charge on any atom is -0.368 e. The number of nitrogens with zero attached hydrogens (tertiary/aromatic N) is 1. The van der Waals surface area contributed by atoms with Gasteiger partial charge in [0.15, 0.2) is 9.84 Å². The summed E-state index contributed by atoms with van der Waals surface area (Å²) in [6.45, 7) is 1.22. The zero-order chi connectivity index (χ0) is 16.2. The summed E-state index contributed by atoms with van der Waals surface area (Å²) in [6.07, 6.45) is 3.98. The Labute approximate surface area is 131 Å². The summed E-state index contributed by atoms with van der Waals surface area (Å²) >= 11 is 0. The van der Waals surface area contributed by atoms with Gasteiger partial charge in [-0.05, 0) is 30.9 Å². The lowest BCUT2D eigenvalue weighted by Crippen LogP contribution is -2.48. The van der Waals surface area contributed by atoms with Crippen molar-refractivity contribution in [1.29, 1.82) is 0 Å². The van der Waals surface area contributed by atoms with E-state index in [1.54, 1.807) is 0 Å². The summed E-state index contributed by atoms with van der Waals surface area (Å²) in [6, 6.07) is 7.44. The zero-order valence-corrected chi connectivity index (χ0v) is 13.6. The quantitative estimate of drug-likeness (QED) is 0.800. The van der Waals surface area contributed by atoms with E-state index in [1.807, 2.05) is 29.2 Å². The lowest BCUT2D eigenvalue weighted by atomic mass is 9.99. The first-order chi connectivity index (χ1) is 10.4. The number of hydrogen-bond acceptors (Lipinski definition) is 5. The molecule has 1 saturated heterocycles. The maximum absolute atomic E-state index is 11.7. The van der Waals surface area contributed by atoms with Crippen LogP contribution in [-0.2, 0) is 21.2 Å². The van der Waals surface area contributed by atoms with Gasteiger partial charge in [0.05, 0.1) is 5.88 Å². The van der Waals surface area contributed by atoms with Crippen LogP contribution in [0.3, 0.4) is 0 Å². The highest BCUT2D eigenvalue weighted by atomic mass is 32.2. The van der Waals surface area contributed by atoms with Crippen molar-refractivity contribution >= 4 is 21.4 Å². The summed E-state index contributed by atoms with van der Waals surface area (Å²) in [5, 5.41) is 2.93. The third kappa shape index (κ3) is 4.45. The van der Waals surface area contributed by atoms with Crippen LogP contribution in [0, 0.1) is 0 Å². The molecule has 1 aromatic carbocycles. The molecule has 1 amide bonds. The van der Waals surface area contributed by atoms with Crippen molar-refractivity contribution in [3.63, 3.8) is 0 Å². The highest BCUT2D eigenvalue weighted by molar-refractivity contribution is 7.90. The van der Waals surface area contributed by atoms with Crippen LogP contribution in [0.5, 0.6) is 0 Å². The molecule has 0 bridgehead atoms. The number of piperidine rings is 1. The molecule has 1 unspecified atom stereocenters. The van der Waals surface area contributed by atoms with Gasteiger partial charge >= 0.3 is 0 Å². The first kappa shape index (κ1) is 16.8. The highest BCUT2D eigenvalue weighted by Gasteiger charge is 2.28. The normalized spacial score (nSPS) is 19.1. The fourth-order valence-corrected chi connectivity index (χ4v) is 3.30. The Morgan fingerprint density at radius 3 is 2.77 bits per heavy atom. The third-order valence-corrected chi connectivity index (χ3v) is 4.54. The van der Waals surface area contributed by atoms with Crippen molar-refractivity contribution in [3.8, 4) is 0 Å². The van der Waals surface area contributed by atoms with Gasteiger partial charge in [-0.25, -0.2) is 8.42 Å². The van der Waals surface area contributed by atoms with Crippen LogP contribution in [0.4, 0.5) is 5.69 Å². The number of carbonyl (C=O) groups excluding carboxylic acids is 1. The molecule has 1 aliphatic rings. The molecule has 0 spiro atoms. The van der Waals surface area contributed by atoms with E-state index in [-0.39, 0.29) is 17.8 Å². The minimum absolute atomic E-state index is 0.0689. The summed E-state index contributed by atoms with van der Waals surface area (Å²) in [7, 11) is -3.06. The standard InChI is InChI=1S/C15H23N3O3S/c1-22(20,21)11-17-10-12-6-2-3-7-13(12)18-9-5-4-8-14(18)15(16)19/h2-3,6-7,14,17H,4-5,8-11H2,1H3,(H2,16,19). The van der Waals surface area contributed by atoms with E-state index in [4.69, 9.17) is 5.73 Å². The second kappa shape index (κ2) is 7.11. The number of hydrogen-bond donors (Lipinski definition) is 2. The molecule has 1 heterocycles. The van der Waals surface area contributed by atoms with Gasteiger partial charge in [0.2, 0.25) is 5.91 Å². The molecule has 0 aromatic heterocycles. The van der Waals surface area contributed by atoms with E-state index >= 15 is 0 Å². The molecule has 0 saturated carbocycles. The Kier molecular flexibility index (Phi) is 5.42. The maximum atomic E-state index is 11.7. The number of sulfone groups is 1. The number of rotatable bonds is 6. The number of amides is 1.